The van der Waals surface area contributed by atoms with Gasteiger partial charge in [-0.25, -0.2) is 5.26 Å². The molecule has 0 unspecified atom stereocenters. The van der Waals surface area contributed by atoms with Gasteiger partial charge in [-0.15, -0.1) is 0 Å². The van der Waals surface area contributed by atoms with Crippen molar-refractivity contribution in [3.05, 3.63) is 0 Å². The van der Waals surface area contributed by atoms with E-state index >= 15 is 0 Å². The van der Waals surface area contributed by atoms with Crippen molar-refractivity contribution in [1.29, 1.82) is 0 Å². The van der Waals surface area contributed by atoms with Crippen LogP contribution in [-0.2, 0) is 4.99 Å². The van der Waals surface area contributed by atoms with Gasteiger partial charge in [0, 0.05) is 0 Å². The SMILES string of the molecule is CC[N+](C)(C)OO. The number of rotatable bonds is 2. The third kappa shape index (κ3) is 2.56. The molecule has 0 aromatic heterocycles. The van der Waals surface area contributed by atoms with E-state index in [1.54, 1.807) is 14.1 Å². The molecule has 3 nitrogen and oxygen atoms in total. The fourth-order valence-corrected chi connectivity index (χ4v) is 0.0577. The largest absolute Gasteiger partial charge is 0.200 e. The molecule has 0 fully saturated rings. The summed E-state index contributed by atoms with van der Waals surface area (Å²) in [6.07, 6.45) is 0. The fraction of sp³-hybridized carbons (Fsp3) is 1.00. The van der Waals surface area contributed by atoms with Gasteiger partial charge in [0.2, 0.25) is 0 Å². The Kier molecular flexibility index (Phi) is 2.22. The minimum Gasteiger partial charge on any atom is -0.200 e. The van der Waals surface area contributed by atoms with E-state index in [0.717, 1.165) is 6.54 Å². The first-order chi connectivity index (χ1) is 3.12. The molecule has 3 heteroatoms. The van der Waals surface area contributed by atoms with E-state index in [0.29, 0.717) is 0 Å². The summed E-state index contributed by atoms with van der Waals surface area (Å²) in [5.74, 6) is 0. The molecular formula is C4H12NO2+. The van der Waals surface area contributed by atoms with E-state index in [2.05, 4.69) is 4.99 Å². The maximum absolute atomic E-state index is 8.07. The average Bonchev–Trinajstić information content (AvgIpc) is 1.68. The third-order valence-electron chi connectivity index (χ3n) is 0.983. The Hall–Kier alpha value is -0.120. The Balaban J connectivity index is 3.36. The first-order valence-electron chi connectivity index (χ1n) is 2.28. The zero-order valence-electron chi connectivity index (χ0n) is 5.01. The third-order valence-corrected chi connectivity index (χ3v) is 0.983. The second kappa shape index (κ2) is 2.26. The summed E-state index contributed by atoms with van der Waals surface area (Å²) in [4.78, 5) is 4.02. The van der Waals surface area contributed by atoms with Crippen molar-refractivity contribution in [2.75, 3.05) is 20.6 Å². The number of hydroxylamine groups is 3. The molecule has 0 aliphatic carbocycles. The molecule has 0 aliphatic rings. The molecule has 0 aromatic carbocycles. The average molecular weight is 106 g/mol. The van der Waals surface area contributed by atoms with Crippen LogP contribution in [0.1, 0.15) is 6.92 Å². The van der Waals surface area contributed by atoms with Crippen molar-refractivity contribution in [1.82, 2.24) is 0 Å². The Morgan fingerprint density at radius 1 is 1.57 bits per heavy atom. The van der Waals surface area contributed by atoms with Crippen LogP contribution in [0.3, 0.4) is 0 Å². The lowest BCUT2D eigenvalue weighted by Gasteiger charge is -2.18. The lowest BCUT2D eigenvalue weighted by atomic mass is 10.7. The maximum atomic E-state index is 8.07. The Bertz CT molecular complexity index is 47.7. The Labute approximate surface area is 43.6 Å². The molecule has 0 amide bonds. The highest BCUT2D eigenvalue weighted by Gasteiger charge is 2.10. The summed E-state index contributed by atoms with van der Waals surface area (Å²) in [5, 5.41) is 8.07. The number of hydrogen-bond donors (Lipinski definition) is 1. The monoisotopic (exact) mass is 106 g/mol. The van der Waals surface area contributed by atoms with Gasteiger partial charge in [0.25, 0.3) is 0 Å². The Morgan fingerprint density at radius 3 is 2.00 bits per heavy atom. The molecule has 0 radical (unpaired) electrons. The molecule has 0 atom stereocenters. The van der Waals surface area contributed by atoms with Crippen LogP contribution in [0.4, 0.5) is 0 Å². The maximum Gasteiger partial charge on any atom is 0.108 e. The van der Waals surface area contributed by atoms with Crippen molar-refractivity contribution >= 4 is 0 Å². The second-order valence-corrected chi connectivity index (χ2v) is 1.97. The molecule has 0 aromatic rings. The molecule has 7 heavy (non-hydrogen) atoms. The van der Waals surface area contributed by atoms with Crippen molar-refractivity contribution in [3.63, 3.8) is 0 Å². The predicted molar refractivity (Wildman–Crippen MR) is 26.4 cm³/mol. The molecule has 0 spiro atoms. The summed E-state index contributed by atoms with van der Waals surface area (Å²) in [6.45, 7) is 2.69. The standard InChI is InChI=1S/C4H11NO2/c1-4-5(2,3)7-6/h4H2,1-3H3/p+1. The van der Waals surface area contributed by atoms with Gasteiger partial charge in [0.05, 0.1) is 0 Å². The van der Waals surface area contributed by atoms with E-state index < -0.39 is 0 Å². The van der Waals surface area contributed by atoms with Gasteiger partial charge < -0.3 is 0 Å². The van der Waals surface area contributed by atoms with Crippen molar-refractivity contribution in [2.24, 2.45) is 0 Å². The van der Waals surface area contributed by atoms with Crippen molar-refractivity contribution in [2.45, 2.75) is 6.92 Å². The molecule has 0 aliphatic heterocycles. The summed E-state index contributed by atoms with van der Waals surface area (Å²) in [7, 11) is 3.53. The highest BCUT2D eigenvalue weighted by molar-refractivity contribution is 4.00. The van der Waals surface area contributed by atoms with E-state index in [4.69, 9.17) is 5.26 Å². The minimum atomic E-state index is 0.194. The van der Waals surface area contributed by atoms with Crippen LogP contribution in [0.2, 0.25) is 0 Å². The summed E-state index contributed by atoms with van der Waals surface area (Å²) in [6, 6.07) is 0. The van der Waals surface area contributed by atoms with E-state index in [9.17, 15) is 0 Å². The van der Waals surface area contributed by atoms with Crippen LogP contribution in [0.15, 0.2) is 0 Å². The van der Waals surface area contributed by atoms with Gasteiger partial charge in [0.1, 0.15) is 20.6 Å². The fourth-order valence-electron chi connectivity index (χ4n) is 0.0577. The highest BCUT2D eigenvalue weighted by atomic mass is 17.2. The molecule has 0 heterocycles. The van der Waals surface area contributed by atoms with Crippen LogP contribution >= 0.6 is 0 Å². The van der Waals surface area contributed by atoms with Gasteiger partial charge in [-0.1, -0.05) is 0 Å². The number of quaternary nitrogens is 1. The smallest absolute Gasteiger partial charge is 0.108 e. The van der Waals surface area contributed by atoms with Gasteiger partial charge in [-0.3, -0.25) is 0 Å². The number of hydrogen-bond acceptors (Lipinski definition) is 2. The highest BCUT2D eigenvalue weighted by Crippen LogP contribution is 1.91. The molecule has 0 saturated heterocycles. The van der Waals surface area contributed by atoms with Gasteiger partial charge in [0.15, 0.2) is 0 Å². The molecule has 44 valence electrons. The minimum absolute atomic E-state index is 0.194. The van der Waals surface area contributed by atoms with Gasteiger partial charge in [-0.05, 0) is 11.9 Å². The zero-order valence-corrected chi connectivity index (χ0v) is 5.01. The predicted octanol–water partition coefficient (Wildman–Crippen LogP) is 0.487. The molecular weight excluding hydrogens is 94.0 g/mol. The van der Waals surface area contributed by atoms with Crippen molar-refractivity contribution in [3.8, 4) is 0 Å². The first kappa shape index (κ1) is 6.88. The lowest BCUT2D eigenvalue weighted by Crippen LogP contribution is -2.37. The molecule has 0 bridgehead atoms. The van der Waals surface area contributed by atoms with Crippen LogP contribution < -0.4 is 0 Å². The second-order valence-electron chi connectivity index (χ2n) is 1.97. The van der Waals surface area contributed by atoms with E-state index in [1.807, 2.05) is 6.92 Å². The summed E-state index contributed by atoms with van der Waals surface area (Å²) in [5.41, 5.74) is 0. The molecule has 0 saturated carbocycles. The van der Waals surface area contributed by atoms with Crippen LogP contribution in [0.5, 0.6) is 0 Å². The van der Waals surface area contributed by atoms with E-state index in [1.165, 1.54) is 0 Å². The topological polar surface area (TPSA) is 29.5 Å². The van der Waals surface area contributed by atoms with Crippen LogP contribution in [-0.4, -0.2) is 30.5 Å². The van der Waals surface area contributed by atoms with Gasteiger partial charge in [-0.2, -0.15) is 4.65 Å². The van der Waals surface area contributed by atoms with Crippen LogP contribution in [0.25, 0.3) is 0 Å². The van der Waals surface area contributed by atoms with Crippen LogP contribution in [0, 0.1) is 0 Å². The van der Waals surface area contributed by atoms with Gasteiger partial charge >= 0.3 is 0 Å². The molecule has 1 N–H and O–H groups in total. The zero-order chi connectivity index (χ0) is 5.91. The van der Waals surface area contributed by atoms with Crippen molar-refractivity contribution < 1.29 is 14.9 Å². The normalized spacial score (nSPS) is 12.0. The van der Waals surface area contributed by atoms with E-state index in [-0.39, 0.29) is 4.65 Å². The number of nitrogens with zero attached hydrogens (tertiary/aromatic N) is 1. The quantitative estimate of drug-likeness (QED) is 0.315. The molecule has 0 rings (SSSR count). The summed E-state index contributed by atoms with van der Waals surface area (Å²) < 4.78 is 0.194. The lowest BCUT2D eigenvalue weighted by molar-refractivity contribution is -1.12. The first-order valence-corrected chi connectivity index (χ1v) is 2.28. The Morgan fingerprint density at radius 2 is 2.00 bits per heavy atom. The summed E-state index contributed by atoms with van der Waals surface area (Å²) >= 11 is 0.